The number of hydrogen-bond acceptors (Lipinski definition) is 9. The molecule has 0 aliphatic rings. The lowest BCUT2D eigenvalue weighted by molar-refractivity contribution is 0.101. The SMILES string of the molecule is CCOc1oc(-c2ccc(F)cc2)nc1C(=O)Nc1ccc(Oc2ccnc3cc(OCCCN)c(OC)cc23)c(F)c1. The predicted octanol–water partition coefficient (Wildman–Crippen LogP) is 6.35. The van der Waals surface area contributed by atoms with Crippen LogP contribution < -0.4 is 30.0 Å². The van der Waals surface area contributed by atoms with Crippen molar-refractivity contribution < 1.29 is 36.9 Å². The summed E-state index contributed by atoms with van der Waals surface area (Å²) in [5, 5.41) is 3.17. The number of rotatable bonds is 12. The molecule has 222 valence electrons. The van der Waals surface area contributed by atoms with Crippen LogP contribution in [0.5, 0.6) is 28.9 Å². The Balaban J connectivity index is 1.35. The summed E-state index contributed by atoms with van der Waals surface area (Å²) in [6.07, 6.45) is 2.21. The molecule has 0 saturated heterocycles. The van der Waals surface area contributed by atoms with Gasteiger partial charge in [-0.25, -0.2) is 8.78 Å². The van der Waals surface area contributed by atoms with E-state index in [-0.39, 0.29) is 35.6 Å². The number of nitrogens with one attached hydrogen (secondary N) is 1. The Bertz CT molecular complexity index is 1740. The third-order valence-corrected chi connectivity index (χ3v) is 6.18. The topological polar surface area (TPSA) is 131 Å². The van der Waals surface area contributed by atoms with Crippen LogP contribution in [0.2, 0.25) is 0 Å². The fourth-order valence-corrected chi connectivity index (χ4v) is 4.12. The Morgan fingerprint density at radius 1 is 0.977 bits per heavy atom. The van der Waals surface area contributed by atoms with Crippen molar-refractivity contribution in [3.8, 4) is 40.4 Å². The first-order valence-electron chi connectivity index (χ1n) is 13.4. The number of nitrogens with zero attached hydrogens (tertiary/aromatic N) is 2. The molecule has 0 fully saturated rings. The molecule has 0 saturated carbocycles. The molecule has 5 aromatic rings. The second-order valence-corrected chi connectivity index (χ2v) is 9.12. The number of methoxy groups -OCH3 is 1. The number of ether oxygens (including phenoxy) is 4. The van der Waals surface area contributed by atoms with Crippen LogP contribution in [0.4, 0.5) is 14.5 Å². The summed E-state index contributed by atoms with van der Waals surface area (Å²) in [5.74, 6) is -0.674. The van der Waals surface area contributed by atoms with Crippen molar-refractivity contribution in [1.29, 1.82) is 0 Å². The molecular formula is C31H28F2N4O6. The highest BCUT2D eigenvalue weighted by molar-refractivity contribution is 6.04. The van der Waals surface area contributed by atoms with E-state index < -0.39 is 17.5 Å². The van der Waals surface area contributed by atoms with Crippen molar-refractivity contribution in [3.63, 3.8) is 0 Å². The highest BCUT2D eigenvalue weighted by atomic mass is 19.1. The summed E-state index contributed by atoms with van der Waals surface area (Å²) in [4.78, 5) is 21.6. The summed E-state index contributed by atoms with van der Waals surface area (Å²) in [6, 6.07) is 14.4. The van der Waals surface area contributed by atoms with E-state index in [1.54, 1.807) is 25.1 Å². The van der Waals surface area contributed by atoms with E-state index in [1.165, 1.54) is 49.7 Å². The average molecular weight is 591 g/mol. The summed E-state index contributed by atoms with van der Waals surface area (Å²) < 4.78 is 56.7. The first-order valence-corrected chi connectivity index (χ1v) is 13.4. The normalized spacial score (nSPS) is 10.9. The minimum absolute atomic E-state index is 0.0685. The van der Waals surface area contributed by atoms with Crippen LogP contribution in [0.25, 0.3) is 22.4 Å². The predicted molar refractivity (Wildman–Crippen MR) is 155 cm³/mol. The van der Waals surface area contributed by atoms with E-state index in [0.717, 1.165) is 6.07 Å². The number of nitrogens with two attached hydrogens (primary N) is 1. The van der Waals surface area contributed by atoms with Crippen molar-refractivity contribution >= 4 is 22.5 Å². The molecule has 0 radical (unpaired) electrons. The van der Waals surface area contributed by atoms with Gasteiger partial charge in [0.15, 0.2) is 23.1 Å². The zero-order valence-corrected chi connectivity index (χ0v) is 23.4. The van der Waals surface area contributed by atoms with Gasteiger partial charge in [-0.3, -0.25) is 9.78 Å². The van der Waals surface area contributed by atoms with Crippen molar-refractivity contribution in [2.75, 3.05) is 32.2 Å². The molecule has 43 heavy (non-hydrogen) atoms. The molecule has 3 aromatic carbocycles. The van der Waals surface area contributed by atoms with Gasteiger partial charge in [-0.05, 0) is 68.4 Å². The van der Waals surface area contributed by atoms with Gasteiger partial charge in [0.1, 0.15) is 11.6 Å². The van der Waals surface area contributed by atoms with Crippen LogP contribution in [0.1, 0.15) is 23.8 Å². The largest absolute Gasteiger partial charge is 0.493 e. The quantitative estimate of drug-likeness (QED) is 0.160. The minimum atomic E-state index is -0.728. The van der Waals surface area contributed by atoms with Crippen LogP contribution in [-0.4, -0.2) is 42.7 Å². The number of oxazole rings is 1. The number of anilines is 1. The van der Waals surface area contributed by atoms with Crippen molar-refractivity contribution in [2.24, 2.45) is 5.73 Å². The molecule has 0 aliphatic carbocycles. The number of amides is 1. The smallest absolute Gasteiger partial charge is 0.319 e. The summed E-state index contributed by atoms with van der Waals surface area (Å²) in [7, 11) is 1.51. The van der Waals surface area contributed by atoms with Crippen LogP contribution >= 0.6 is 0 Å². The van der Waals surface area contributed by atoms with Crippen LogP contribution in [0.3, 0.4) is 0 Å². The first-order chi connectivity index (χ1) is 20.9. The zero-order valence-electron chi connectivity index (χ0n) is 23.4. The van der Waals surface area contributed by atoms with Gasteiger partial charge in [-0.2, -0.15) is 4.98 Å². The Morgan fingerprint density at radius 2 is 1.79 bits per heavy atom. The second-order valence-electron chi connectivity index (χ2n) is 9.12. The standard InChI is InChI=1S/C31H28F2N4O6/c1-3-40-31-28(37-30(43-31)18-5-7-19(32)8-6-18)29(38)36-20-9-10-25(22(33)15-20)42-24-11-13-35-23-17-27(41-14-4-12-34)26(39-2)16-21(23)24/h5-11,13,15-17H,3-4,12,14,34H2,1-2H3,(H,36,38). The number of hydrogen-bond donors (Lipinski definition) is 2. The van der Waals surface area contributed by atoms with Gasteiger partial charge >= 0.3 is 5.95 Å². The Hall–Kier alpha value is -5.23. The van der Waals surface area contributed by atoms with E-state index in [9.17, 15) is 9.18 Å². The zero-order chi connectivity index (χ0) is 30.3. The van der Waals surface area contributed by atoms with Gasteiger partial charge in [-0.15, -0.1) is 0 Å². The lowest BCUT2D eigenvalue weighted by Gasteiger charge is -2.14. The fourth-order valence-electron chi connectivity index (χ4n) is 4.12. The number of carbonyl (C=O) groups excluding carboxylic acids is 1. The number of fused-ring (bicyclic) bond motifs is 1. The van der Waals surface area contributed by atoms with Gasteiger partial charge in [0, 0.05) is 35.0 Å². The molecule has 5 rings (SSSR count). The number of carbonyl (C=O) groups is 1. The van der Waals surface area contributed by atoms with E-state index in [0.29, 0.717) is 53.3 Å². The number of benzene rings is 3. The molecule has 0 unspecified atom stereocenters. The molecule has 2 aromatic heterocycles. The molecule has 0 spiro atoms. The first kappa shape index (κ1) is 29.3. The highest BCUT2D eigenvalue weighted by Crippen LogP contribution is 2.38. The van der Waals surface area contributed by atoms with Crippen LogP contribution in [0, 0.1) is 11.6 Å². The van der Waals surface area contributed by atoms with Crippen LogP contribution in [0.15, 0.2) is 71.3 Å². The Morgan fingerprint density at radius 3 is 2.51 bits per heavy atom. The number of pyridine rings is 1. The maximum absolute atomic E-state index is 15.2. The molecule has 0 bridgehead atoms. The van der Waals surface area contributed by atoms with Crippen molar-refractivity contribution in [2.45, 2.75) is 13.3 Å². The molecular weight excluding hydrogens is 562 g/mol. The van der Waals surface area contributed by atoms with Gasteiger partial charge in [0.2, 0.25) is 11.6 Å². The minimum Gasteiger partial charge on any atom is -0.493 e. The Labute approximate surface area is 245 Å². The van der Waals surface area contributed by atoms with E-state index >= 15 is 4.39 Å². The maximum atomic E-state index is 15.2. The molecule has 0 aliphatic heterocycles. The van der Waals surface area contributed by atoms with Crippen LogP contribution in [-0.2, 0) is 0 Å². The molecule has 10 nitrogen and oxygen atoms in total. The molecule has 12 heteroatoms. The lowest BCUT2D eigenvalue weighted by Crippen LogP contribution is -2.14. The fraction of sp³-hybridized carbons (Fsp3) is 0.194. The van der Waals surface area contributed by atoms with Crippen molar-refractivity contribution in [3.05, 3.63) is 84.2 Å². The van der Waals surface area contributed by atoms with E-state index in [4.69, 9.17) is 29.1 Å². The maximum Gasteiger partial charge on any atom is 0.319 e. The van der Waals surface area contributed by atoms with Gasteiger partial charge in [-0.1, -0.05) is 0 Å². The second kappa shape index (κ2) is 13.2. The number of halogens is 2. The molecule has 2 heterocycles. The highest BCUT2D eigenvalue weighted by Gasteiger charge is 2.23. The third-order valence-electron chi connectivity index (χ3n) is 6.18. The van der Waals surface area contributed by atoms with Gasteiger partial charge < -0.3 is 34.4 Å². The average Bonchev–Trinajstić information content (AvgIpc) is 3.43. The molecule has 0 atom stereocenters. The van der Waals surface area contributed by atoms with Gasteiger partial charge in [0.05, 0.1) is 25.8 Å². The summed E-state index contributed by atoms with van der Waals surface area (Å²) in [6.45, 7) is 2.83. The van der Waals surface area contributed by atoms with Crippen molar-refractivity contribution in [1.82, 2.24) is 9.97 Å². The number of aromatic nitrogens is 2. The monoisotopic (exact) mass is 590 g/mol. The lowest BCUT2D eigenvalue weighted by atomic mass is 10.1. The van der Waals surface area contributed by atoms with E-state index in [2.05, 4.69) is 15.3 Å². The summed E-state index contributed by atoms with van der Waals surface area (Å²) in [5.41, 5.74) is 6.55. The molecule has 1 amide bonds. The molecule has 3 N–H and O–H groups in total. The Kier molecular flexibility index (Phi) is 8.96. The van der Waals surface area contributed by atoms with E-state index in [1.807, 2.05) is 0 Å². The van der Waals surface area contributed by atoms with Gasteiger partial charge in [0.25, 0.3) is 5.91 Å². The third kappa shape index (κ3) is 6.65. The summed E-state index contributed by atoms with van der Waals surface area (Å²) >= 11 is 0.